The number of morpholine rings is 1. The Kier molecular flexibility index (Phi) is 6.51. The van der Waals surface area contributed by atoms with E-state index in [1.54, 1.807) is 13.0 Å². The summed E-state index contributed by atoms with van der Waals surface area (Å²) in [5.74, 6) is 0.216. The van der Waals surface area contributed by atoms with Crippen LogP contribution in [0.1, 0.15) is 17.3 Å². The zero-order valence-electron chi connectivity index (χ0n) is 15.0. The summed E-state index contributed by atoms with van der Waals surface area (Å²) in [5.41, 5.74) is 2.10. The molecule has 1 saturated heterocycles. The maximum absolute atomic E-state index is 12.4. The van der Waals surface area contributed by atoms with E-state index >= 15 is 0 Å². The minimum absolute atomic E-state index is 0.328. The summed E-state index contributed by atoms with van der Waals surface area (Å²) in [6.45, 7) is 7.11. The largest absolute Gasteiger partial charge is 0.462 e. The molecule has 3 rings (SSSR count). The fourth-order valence-corrected chi connectivity index (χ4v) is 2.84. The molecule has 1 aliphatic heterocycles. The molecular formula is C19H25N4O3+. The van der Waals surface area contributed by atoms with Gasteiger partial charge in [0.25, 0.3) is 0 Å². The third-order valence-electron chi connectivity index (χ3n) is 4.24. The molecule has 2 aromatic rings. The van der Waals surface area contributed by atoms with Gasteiger partial charge in [-0.3, -0.25) is 10.2 Å². The Hall–Kier alpha value is -2.51. The molecular weight excluding hydrogens is 332 g/mol. The highest BCUT2D eigenvalue weighted by atomic mass is 16.5. The minimum atomic E-state index is -0.364. The molecule has 0 spiro atoms. The lowest BCUT2D eigenvalue weighted by Gasteiger charge is -2.25. The molecule has 0 saturated carbocycles. The van der Waals surface area contributed by atoms with Crippen LogP contribution in [0.15, 0.2) is 36.4 Å². The van der Waals surface area contributed by atoms with Crippen molar-refractivity contribution in [1.29, 1.82) is 0 Å². The summed E-state index contributed by atoms with van der Waals surface area (Å²) in [7, 11) is 0. The predicted molar refractivity (Wildman–Crippen MR) is 97.9 cm³/mol. The van der Waals surface area contributed by atoms with Crippen LogP contribution in [0.2, 0.25) is 0 Å². The second kappa shape index (κ2) is 9.26. The number of aromatic nitrogens is 2. The Morgan fingerprint density at radius 2 is 2.08 bits per heavy atom. The van der Waals surface area contributed by atoms with Gasteiger partial charge in [0.05, 0.1) is 26.4 Å². The van der Waals surface area contributed by atoms with Crippen LogP contribution in [0.5, 0.6) is 0 Å². The normalized spacial score (nSPS) is 14.8. The predicted octanol–water partition coefficient (Wildman–Crippen LogP) is 1.48. The number of benzene rings is 1. The maximum atomic E-state index is 12.4. The van der Waals surface area contributed by atoms with E-state index in [9.17, 15) is 4.79 Å². The van der Waals surface area contributed by atoms with Crippen molar-refractivity contribution in [2.75, 3.05) is 51.3 Å². The molecule has 0 atom stereocenters. The SMILES string of the molecule is CCOC(=O)c1cc(-c2ccccc2)n[nH+]c1NCCN1CCOCC1. The van der Waals surface area contributed by atoms with E-state index in [4.69, 9.17) is 9.47 Å². The number of hydrogen-bond donors (Lipinski definition) is 1. The number of nitrogens with one attached hydrogen (secondary N) is 2. The quantitative estimate of drug-likeness (QED) is 0.757. The van der Waals surface area contributed by atoms with Crippen molar-refractivity contribution in [3.8, 4) is 11.3 Å². The molecule has 0 unspecified atom stereocenters. The van der Waals surface area contributed by atoms with Crippen molar-refractivity contribution < 1.29 is 19.4 Å². The van der Waals surface area contributed by atoms with Crippen molar-refractivity contribution in [2.45, 2.75) is 6.92 Å². The summed E-state index contributed by atoms with van der Waals surface area (Å²) >= 11 is 0. The zero-order chi connectivity index (χ0) is 18.2. The van der Waals surface area contributed by atoms with E-state index in [0.29, 0.717) is 30.2 Å². The maximum Gasteiger partial charge on any atom is 0.346 e. The van der Waals surface area contributed by atoms with E-state index in [1.165, 1.54) is 0 Å². The number of carbonyl (C=O) groups is 1. The van der Waals surface area contributed by atoms with E-state index in [-0.39, 0.29) is 5.97 Å². The van der Waals surface area contributed by atoms with Crippen LogP contribution in [0.4, 0.5) is 5.82 Å². The standard InChI is InChI=1S/C19H24N4O3/c1-2-26-19(24)16-14-17(15-6-4-3-5-7-15)21-22-18(16)20-8-9-23-10-12-25-13-11-23/h3-7,14H,2,8-13H2,1H3,(H,20,22)/p+1. The van der Waals surface area contributed by atoms with Gasteiger partial charge in [-0.1, -0.05) is 35.4 Å². The summed E-state index contributed by atoms with van der Waals surface area (Å²) in [4.78, 5) is 14.7. The number of ether oxygens (including phenoxy) is 2. The molecule has 1 aromatic carbocycles. The molecule has 1 aromatic heterocycles. The van der Waals surface area contributed by atoms with E-state index < -0.39 is 0 Å². The molecule has 7 nitrogen and oxygen atoms in total. The van der Waals surface area contributed by atoms with E-state index in [0.717, 1.165) is 38.4 Å². The molecule has 7 heteroatoms. The number of esters is 1. The van der Waals surface area contributed by atoms with Crippen molar-refractivity contribution in [2.24, 2.45) is 0 Å². The first-order valence-corrected chi connectivity index (χ1v) is 8.97. The van der Waals surface area contributed by atoms with Gasteiger partial charge in [0.1, 0.15) is 5.69 Å². The van der Waals surface area contributed by atoms with Gasteiger partial charge in [-0.25, -0.2) is 4.79 Å². The second-order valence-electron chi connectivity index (χ2n) is 6.01. The third kappa shape index (κ3) is 4.77. The summed E-state index contributed by atoms with van der Waals surface area (Å²) in [5, 5.41) is 10.6. The molecule has 0 aliphatic carbocycles. The summed E-state index contributed by atoms with van der Waals surface area (Å²) in [6, 6.07) is 11.5. The first-order valence-electron chi connectivity index (χ1n) is 8.97. The topological polar surface area (TPSA) is 77.8 Å². The van der Waals surface area contributed by atoms with Gasteiger partial charge in [-0.2, -0.15) is 0 Å². The monoisotopic (exact) mass is 357 g/mol. The lowest BCUT2D eigenvalue weighted by atomic mass is 10.1. The Bertz CT molecular complexity index is 718. The lowest BCUT2D eigenvalue weighted by molar-refractivity contribution is -0.438. The van der Waals surface area contributed by atoms with Crippen molar-refractivity contribution in [3.63, 3.8) is 0 Å². The van der Waals surface area contributed by atoms with Gasteiger partial charge in [-0.15, -0.1) is 5.10 Å². The van der Waals surface area contributed by atoms with Crippen LogP contribution in [0.25, 0.3) is 11.3 Å². The Morgan fingerprint density at radius 3 is 2.81 bits per heavy atom. The van der Waals surface area contributed by atoms with Gasteiger partial charge >= 0.3 is 11.8 Å². The number of carbonyl (C=O) groups excluding carboxylic acids is 1. The molecule has 1 fully saturated rings. The summed E-state index contributed by atoms with van der Waals surface area (Å²) in [6.07, 6.45) is 0. The van der Waals surface area contributed by atoms with Gasteiger partial charge in [0.15, 0.2) is 5.56 Å². The minimum Gasteiger partial charge on any atom is -0.462 e. The number of aromatic amines is 1. The van der Waals surface area contributed by atoms with Crippen LogP contribution in [0, 0.1) is 0 Å². The van der Waals surface area contributed by atoms with Crippen molar-refractivity contribution in [1.82, 2.24) is 10.00 Å². The van der Waals surface area contributed by atoms with Crippen molar-refractivity contribution in [3.05, 3.63) is 42.0 Å². The van der Waals surface area contributed by atoms with Crippen LogP contribution < -0.4 is 10.4 Å². The molecule has 0 radical (unpaired) electrons. The molecule has 138 valence electrons. The van der Waals surface area contributed by atoms with Crippen molar-refractivity contribution >= 4 is 11.8 Å². The highest BCUT2D eigenvalue weighted by molar-refractivity contribution is 5.94. The Morgan fingerprint density at radius 1 is 1.31 bits per heavy atom. The summed E-state index contributed by atoms with van der Waals surface area (Å²) < 4.78 is 10.6. The third-order valence-corrected chi connectivity index (χ3v) is 4.24. The molecule has 0 amide bonds. The Balaban J connectivity index is 1.73. The average molecular weight is 357 g/mol. The molecule has 2 heterocycles. The van der Waals surface area contributed by atoms with Gasteiger partial charge in [-0.05, 0) is 13.0 Å². The zero-order valence-corrected chi connectivity index (χ0v) is 15.0. The fourth-order valence-electron chi connectivity index (χ4n) is 2.84. The van der Waals surface area contributed by atoms with Gasteiger partial charge < -0.3 is 9.47 Å². The fraction of sp³-hybridized carbons (Fsp3) is 0.421. The first kappa shape index (κ1) is 18.3. The average Bonchev–Trinajstić information content (AvgIpc) is 2.70. The first-order chi connectivity index (χ1) is 12.8. The number of rotatable bonds is 7. The smallest absolute Gasteiger partial charge is 0.346 e. The van der Waals surface area contributed by atoms with E-state index in [1.807, 2.05) is 30.3 Å². The van der Waals surface area contributed by atoms with Crippen LogP contribution in [0.3, 0.4) is 0 Å². The molecule has 0 bridgehead atoms. The number of nitrogens with zero attached hydrogens (tertiary/aromatic N) is 2. The molecule has 2 N–H and O–H groups in total. The molecule has 26 heavy (non-hydrogen) atoms. The lowest BCUT2D eigenvalue weighted by Crippen LogP contribution is -2.39. The van der Waals surface area contributed by atoms with E-state index in [2.05, 4.69) is 20.4 Å². The highest BCUT2D eigenvalue weighted by Crippen LogP contribution is 2.19. The second-order valence-corrected chi connectivity index (χ2v) is 6.01. The molecule has 1 aliphatic rings. The highest BCUT2D eigenvalue weighted by Gasteiger charge is 2.21. The van der Waals surface area contributed by atoms with Crippen LogP contribution in [-0.2, 0) is 9.47 Å². The van der Waals surface area contributed by atoms with Crippen LogP contribution >= 0.6 is 0 Å². The van der Waals surface area contributed by atoms with Gasteiger partial charge in [0, 0.05) is 25.2 Å². The number of anilines is 1. The van der Waals surface area contributed by atoms with Crippen LogP contribution in [-0.4, -0.2) is 62.0 Å². The number of hydrogen-bond acceptors (Lipinski definition) is 6. The number of H-pyrrole nitrogens is 1. The van der Waals surface area contributed by atoms with Gasteiger partial charge in [0.2, 0.25) is 0 Å². The Labute approximate surface area is 153 Å².